The van der Waals surface area contributed by atoms with Gasteiger partial charge in [0.25, 0.3) is 5.91 Å². The number of carbonyl (C=O) groups is 1. The highest BCUT2D eigenvalue weighted by Crippen LogP contribution is 2.15. The molecule has 0 radical (unpaired) electrons. The molecular weight excluding hydrogens is 260 g/mol. The van der Waals surface area contributed by atoms with Gasteiger partial charge in [0.1, 0.15) is 0 Å². The van der Waals surface area contributed by atoms with E-state index in [1.165, 1.54) is 5.56 Å². The summed E-state index contributed by atoms with van der Waals surface area (Å²) in [6, 6.07) is 8.20. The van der Waals surface area contributed by atoms with Gasteiger partial charge in [-0.25, -0.2) is 0 Å². The van der Waals surface area contributed by atoms with Crippen LogP contribution in [0.1, 0.15) is 35.2 Å². The van der Waals surface area contributed by atoms with Gasteiger partial charge in [0, 0.05) is 18.7 Å². The van der Waals surface area contributed by atoms with Crippen molar-refractivity contribution in [3.8, 4) is 0 Å². The van der Waals surface area contributed by atoms with E-state index in [0.717, 1.165) is 37.9 Å². The molecule has 0 bridgehead atoms. The molecule has 1 aliphatic heterocycles. The maximum atomic E-state index is 12.4. The van der Waals surface area contributed by atoms with Gasteiger partial charge in [-0.1, -0.05) is 17.7 Å². The zero-order valence-corrected chi connectivity index (χ0v) is 12.5. The highest BCUT2D eigenvalue weighted by atomic mass is 35.5. The molecule has 1 fully saturated rings. The van der Waals surface area contributed by atoms with Crippen LogP contribution in [0.3, 0.4) is 0 Å². The normalized spacial score (nSPS) is 19.2. The average molecular weight is 283 g/mol. The molecule has 1 saturated heterocycles. The van der Waals surface area contributed by atoms with Crippen molar-refractivity contribution in [3.05, 3.63) is 35.4 Å². The van der Waals surface area contributed by atoms with E-state index in [-0.39, 0.29) is 18.3 Å². The maximum absolute atomic E-state index is 12.4. The van der Waals surface area contributed by atoms with Crippen molar-refractivity contribution in [2.24, 2.45) is 0 Å². The zero-order valence-electron chi connectivity index (χ0n) is 11.7. The average Bonchev–Trinajstić information content (AvgIpc) is 2.67. The Balaban J connectivity index is 0.00000180. The van der Waals surface area contributed by atoms with Crippen molar-refractivity contribution < 1.29 is 4.79 Å². The minimum Gasteiger partial charge on any atom is -0.339 e. The van der Waals surface area contributed by atoms with E-state index < -0.39 is 0 Å². The Hall–Kier alpha value is -1.06. The molecule has 0 saturated carbocycles. The Bertz CT molecular complexity index is 397. The van der Waals surface area contributed by atoms with Gasteiger partial charge in [-0.3, -0.25) is 4.79 Å². The molecule has 1 atom stereocenters. The third-order valence-corrected chi connectivity index (χ3v) is 3.71. The Morgan fingerprint density at radius 1 is 1.21 bits per heavy atom. The number of hydrogen-bond donors (Lipinski definition) is 1. The van der Waals surface area contributed by atoms with E-state index in [9.17, 15) is 4.79 Å². The van der Waals surface area contributed by atoms with Gasteiger partial charge < -0.3 is 10.2 Å². The van der Waals surface area contributed by atoms with Crippen molar-refractivity contribution in [1.29, 1.82) is 0 Å². The third-order valence-electron chi connectivity index (χ3n) is 3.71. The third kappa shape index (κ3) is 4.22. The van der Waals surface area contributed by atoms with Crippen LogP contribution >= 0.6 is 12.4 Å². The number of rotatable bonds is 2. The molecule has 0 aliphatic carbocycles. The highest BCUT2D eigenvalue weighted by molar-refractivity contribution is 5.94. The molecule has 1 aromatic rings. The van der Waals surface area contributed by atoms with Crippen LogP contribution in [0, 0.1) is 6.92 Å². The van der Waals surface area contributed by atoms with Gasteiger partial charge in [-0.15, -0.1) is 12.4 Å². The summed E-state index contributed by atoms with van der Waals surface area (Å²) >= 11 is 0. The van der Waals surface area contributed by atoms with E-state index in [0.29, 0.717) is 6.04 Å². The molecule has 4 heteroatoms. The standard InChI is InChI=1S/C15H22N2O.ClH/c1-12-5-7-13(8-6-12)15(18)17(2)14-4-3-10-16-11-9-14;/h5-8,14,16H,3-4,9-11H2,1-2H3;1H. The SMILES string of the molecule is Cc1ccc(C(=O)N(C)C2CCCNCC2)cc1.Cl. The summed E-state index contributed by atoms with van der Waals surface area (Å²) in [6.45, 7) is 4.12. The number of nitrogens with one attached hydrogen (secondary N) is 1. The summed E-state index contributed by atoms with van der Waals surface area (Å²) in [7, 11) is 1.93. The monoisotopic (exact) mass is 282 g/mol. The number of hydrogen-bond acceptors (Lipinski definition) is 2. The number of amides is 1. The molecule has 0 aromatic heterocycles. The largest absolute Gasteiger partial charge is 0.339 e. The fraction of sp³-hybridized carbons (Fsp3) is 0.533. The highest BCUT2D eigenvalue weighted by Gasteiger charge is 2.21. The number of carbonyl (C=O) groups excluding carboxylic acids is 1. The smallest absolute Gasteiger partial charge is 0.253 e. The molecular formula is C15H23ClN2O. The first-order valence-corrected chi connectivity index (χ1v) is 6.73. The molecule has 1 unspecified atom stereocenters. The lowest BCUT2D eigenvalue weighted by molar-refractivity contribution is 0.0720. The lowest BCUT2D eigenvalue weighted by atomic mass is 10.1. The second-order valence-corrected chi connectivity index (χ2v) is 5.12. The first-order valence-electron chi connectivity index (χ1n) is 6.73. The molecule has 106 valence electrons. The molecule has 1 aliphatic rings. The zero-order chi connectivity index (χ0) is 13.0. The van der Waals surface area contributed by atoms with E-state index in [2.05, 4.69) is 5.32 Å². The molecule has 1 heterocycles. The summed E-state index contributed by atoms with van der Waals surface area (Å²) in [4.78, 5) is 14.3. The van der Waals surface area contributed by atoms with Gasteiger partial charge in [-0.2, -0.15) is 0 Å². The van der Waals surface area contributed by atoms with Crippen molar-refractivity contribution >= 4 is 18.3 Å². The number of aryl methyl sites for hydroxylation is 1. The van der Waals surface area contributed by atoms with Crippen LogP contribution < -0.4 is 5.32 Å². The quantitative estimate of drug-likeness (QED) is 0.904. The van der Waals surface area contributed by atoms with Crippen LogP contribution in [0.4, 0.5) is 0 Å². The Kier molecular flexibility index (Phi) is 6.32. The minimum absolute atomic E-state index is 0. The van der Waals surface area contributed by atoms with Gasteiger partial charge in [0.2, 0.25) is 0 Å². The molecule has 0 spiro atoms. The summed E-state index contributed by atoms with van der Waals surface area (Å²) < 4.78 is 0. The fourth-order valence-corrected chi connectivity index (χ4v) is 2.45. The van der Waals surface area contributed by atoms with Gasteiger partial charge in [0.15, 0.2) is 0 Å². The Labute approximate surface area is 121 Å². The molecule has 1 amide bonds. The van der Waals surface area contributed by atoms with Crippen LogP contribution in [0.5, 0.6) is 0 Å². The van der Waals surface area contributed by atoms with Crippen molar-refractivity contribution in [2.75, 3.05) is 20.1 Å². The molecule has 19 heavy (non-hydrogen) atoms. The van der Waals surface area contributed by atoms with Crippen molar-refractivity contribution in [3.63, 3.8) is 0 Å². The Morgan fingerprint density at radius 3 is 2.58 bits per heavy atom. The van der Waals surface area contributed by atoms with E-state index in [1.807, 2.05) is 43.1 Å². The second-order valence-electron chi connectivity index (χ2n) is 5.12. The number of benzene rings is 1. The Morgan fingerprint density at radius 2 is 1.89 bits per heavy atom. The van der Waals surface area contributed by atoms with Crippen LogP contribution in [-0.4, -0.2) is 37.0 Å². The van der Waals surface area contributed by atoms with Crippen LogP contribution in [0.25, 0.3) is 0 Å². The van der Waals surface area contributed by atoms with E-state index >= 15 is 0 Å². The summed E-state index contributed by atoms with van der Waals surface area (Å²) in [5, 5.41) is 3.38. The molecule has 3 nitrogen and oxygen atoms in total. The summed E-state index contributed by atoms with van der Waals surface area (Å²) in [5.41, 5.74) is 1.98. The van der Waals surface area contributed by atoms with Gasteiger partial charge in [-0.05, 0) is 51.4 Å². The van der Waals surface area contributed by atoms with Crippen molar-refractivity contribution in [1.82, 2.24) is 10.2 Å². The van der Waals surface area contributed by atoms with E-state index in [1.54, 1.807) is 0 Å². The minimum atomic E-state index is 0. The predicted octanol–water partition coefficient (Wildman–Crippen LogP) is 2.63. The first-order chi connectivity index (χ1) is 8.68. The molecule has 1 aromatic carbocycles. The van der Waals surface area contributed by atoms with Crippen molar-refractivity contribution in [2.45, 2.75) is 32.2 Å². The lowest BCUT2D eigenvalue weighted by Gasteiger charge is -2.27. The predicted molar refractivity (Wildman–Crippen MR) is 81.0 cm³/mol. The fourth-order valence-electron chi connectivity index (χ4n) is 2.45. The molecule has 1 N–H and O–H groups in total. The van der Waals surface area contributed by atoms with Gasteiger partial charge in [0.05, 0.1) is 0 Å². The van der Waals surface area contributed by atoms with E-state index in [4.69, 9.17) is 0 Å². The van der Waals surface area contributed by atoms with Crippen LogP contribution in [0.2, 0.25) is 0 Å². The summed E-state index contributed by atoms with van der Waals surface area (Å²) in [5.74, 6) is 0.141. The topological polar surface area (TPSA) is 32.3 Å². The van der Waals surface area contributed by atoms with Crippen LogP contribution in [0.15, 0.2) is 24.3 Å². The molecule has 2 rings (SSSR count). The second kappa shape index (κ2) is 7.51. The van der Waals surface area contributed by atoms with Gasteiger partial charge >= 0.3 is 0 Å². The maximum Gasteiger partial charge on any atom is 0.253 e. The first kappa shape index (κ1) is 16.0. The summed E-state index contributed by atoms with van der Waals surface area (Å²) in [6.07, 6.45) is 3.30. The lowest BCUT2D eigenvalue weighted by Crippen LogP contribution is -2.37. The number of nitrogens with zero attached hydrogens (tertiary/aromatic N) is 1. The van der Waals surface area contributed by atoms with Crippen LogP contribution in [-0.2, 0) is 0 Å². The number of halogens is 1.